The minimum atomic E-state index is -0.425. The second-order valence-electron chi connectivity index (χ2n) is 9.00. The standard InChI is InChI=1S/C24H25N7O3.C4H10/c1-33-20-11-6-12-21(34-2)23(20)19-13-17(24(32)27-14-22(28-25)29-26)30-31(19)18-10-5-8-15-7-3-4-9-16(15)18;1-4(2)3/h3-13H,14,25-26H2,1-2H3,(H,27,32)(H,28,29);4H,1-3H3. The lowest BCUT2D eigenvalue weighted by Crippen LogP contribution is -2.41. The van der Waals surface area contributed by atoms with Crippen LogP contribution < -0.4 is 31.9 Å². The third-order valence-corrected chi connectivity index (χ3v) is 5.36. The quantitative estimate of drug-likeness (QED) is 0.126. The molecule has 4 aromatic rings. The fourth-order valence-electron chi connectivity index (χ4n) is 3.74. The molecule has 0 atom stereocenters. The first-order valence-corrected chi connectivity index (χ1v) is 12.2. The van der Waals surface area contributed by atoms with Crippen LogP contribution in [0.1, 0.15) is 31.3 Å². The Hall–Kier alpha value is -4.57. The minimum absolute atomic E-state index is 0.0142. The van der Waals surface area contributed by atoms with Crippen LogP contribution in [0.4, 0.5) is 0 Å². The van der Waals surface area contributed by atoms with Gasteiger partial charge in [0.2, 0.25) is 0 Å². The zero-order chi connectivity index (χ0) is 27.7. The van der Waals surface area contributed by atoms with Crippen LogP contribution >= 0.6 is 0 Å². The summed E-state index contributed by atoms with van der Waals surface area (Å²) in [5, 5.41) is 12.9. The number of nitrogens with one attached hydrogen (secondary N) is 2. The molecule has 0 aliphatic rings. The van der Waals surface area contributed by atoms with E-state index in [1.165, 1.54) is 0 Å². The molecule has 4 rings (SSSR count). The van der Waals surface area contributed by atoms with E-state index >= 15 is 0 Å². The zero-order valence-corrected chi connectivity index (χ0v) is 22.4. The number of aromatic nitrogens is 2. The van der Waals surface area contributed by atoms with E-state index in [0.717, 1.165) is 22.4 Å². The molecule has 0 spiro atoms. The predicted octanol–water partition coefficient (Wildman–Crippen LogP) is 3.84. The number of hydrogen-bond donors (Lipinski definition) is 4. The van der Waals surface area contributed by atoms with E-state index in [2.05, 4.69) is 41.7 Å². The summed E-state index contributed by atoms with van der Waals surface area (Å²) in [5.41, 5.74) is 4.60. The van der Waals surface area contributed by atoms with Gasteiger partial charge in [0.15, 0.2) is 11.5 Å². The number of amides is 1. The van der Waals surface area contributed by atoms with Crippen molar-refractivity contribution < 1.29 is 14.3 Å². The monoisotopic (exact) mass is 517 g/mol. The third kappa shape index (κ3) is 6.40. The maximum Gasteiger partial charge on any atom is 0.272 e. The van der Waals surface area contributed by atoms with Gasteiger partial charge in [-0.3, -0.25) is 4.79 Å². The Morgan fingerprint density at radius 2 is 1.61 bits per heavy atom. The molecule has 1 aromatic heterocycles. The summed E-state index contributed by atoms with van der Waals surface area (Å²) in [7, 11) is 3.16. The molecular formula is C28H35N7O3. The number of nitrogens with zero attached hydrogens (tertiary/aromatic N) is 3. The van der Waals surface area contributed by atoms with Gasteiger partial charge in [0, 0.05) is 5.39 Å². The lowest BCUT2D eigenvalue weighted by atomic mass is 10.1. The molecule has 1 amide bonds. The van der Waals surface area contributed by atoms with Crippen molar-refractivity contribution in [3.05, 3.63) is 72.4 Å². The maximum absolute atomic E-state index is 13.0. The molecule has 10 heteroatoms. The van der Waals surface area contributed by atoms with Gasteiger partial charge in [0.25, 0.3) is 5.91 Å². The molecule has 0 radical (unpaired) electrons. The van der Waals surface area contributed by atoms with Crippen LogP contribution in [-0.2, 0) is 0 Å². The highest BCUT2D eigenvalue weighted by atomic mass is 16.5. The molecule has 3 aromatic carbocycles. The largest absolute Gasteiger partial charge is 0.496 e. The second kappa shape index (κ2) is 13.1. The molecule has 6 N–H and O–H groups in total. The van der Waals surface area contributed by atoms with E-state index in [0.29, 0.717) is 22.8 Å². The van der Waals surface area contributed by atoms with E-state index in [-0.39, 0.29) is 18.1 Å². The zero-order valence-electron chi connectivity index (χ0n) is 22.4. The molecule has 1 heterocycles. The number of methoxy groups -OCH3 is 2. The van der Waals surface area contributed by atoms with Gasteiger partial charge < -0.3 is 26.1 Å². The molecular weight excluding hydrogens is 482 g/mol. The molecule has 0 fully saturated rings. The van der Waals surface area contributed by atoms with Crippen molar-refractivity contribution in [1.29, 1.82) is 0 Å². The van der Waals surface area contributed by atoms with Gasteiger partial charge in [-0.15, -0.1) is 0 Å². The summed E-state index contributed by atoms with van der Waals surface area (Å²) in [5.74, 6) is 12.4. The molecule has 38 heavy (non-hydrogen) atoms. The lowest BCUT2D eigenvalue weighted by molar-refractivity contribution is 0.0953. The Balaban J connectivity index is 0.000000934. The number of hydrazone groups is 1. The first kappa shape index (κ1) is 28.0. The van der Waals surface area contributed by atoms with Crippen LogP contribution in [0.2, 0.25) is 0 Å². The summed E-state index contributed by atoms with van der Waals surface area (Å²) < 4.78 is 13.0. The number of rotatable bonds is 7. The Bertz CT molecular complexity index is 1380. The number of hydrazine groups is 1. The van der Waals surface area contributed by atoms with Crippen molar-refractivity contribution in [3.8, 4) is 28.4 Å². The fraction of sp³-hybridized carbons (Fsp3) is 0.250. The van der Waals surface area contributed by atoms with Crippen molar-refractivity contribution >= 4 is 22.5 Å². The van der Waals surface area contributed by atoms with E-state index < -0.39 is 5.91 Å². The molecule has 200 valence electrons. The normalized spacial score (nSPS) is 11.1. The average Bonchev–Trinajstić information content (AvgIpc) is 3.37. The maximum atomic E-state index is 13.0. The van der Waals surface area contributed by atoms with Gasteiger partial charge in [0.1, 0.15) is 11.5 Å². The number of hydrogen-bond acceptors (Lipinski definition) is 7. The smallest absolute Gasteiger partial charge is 0.272 e. The molecule has 0 unspecified atom stereocenters. The lowest BCUT2D eigenvalue weighted by Gasteiger charge is -2.15. The number of fused-ring (bicyclic) bond motifs is 1. The van der Waals surface area contributed by atoms with Crippen LogP contribution in [0.5, 0.6) is 11.5 Å². The number of carbonyl (C=O) groups is 1. The van der Waals surface area contributed by atoms with Crippen molar-refractivity contribution in [2.45, 2.75) is 20.8 Å². The average molecular weight is 518 g/mol. The third-order valence-electron chi connectivity index (χ3n) is 5.36. The Morgan fingerprint density at radius 1 is 1.00 bits per heavy atom. The highest BCUT2D eigenvalue weighted by molar-refractivity contribution is 5.98. The first-order valence-electron chi connectivity index (χ1n) is 12.2. The first-order chi connectivity index (χ1) is 18.3. The SMILES string of the molecule is CC(C)C.COc1cccc(OC)c1-c1cc(C(=O)NC/C(=N/N)NN)nn1-c1cccc2ccccc12. The molecule has 0 aliphatic carbocycles. The molecule has 10 nitrogen and oxygen atoms in total. The van der Waals surface area contributed by atoms with E-state index in [1.54, 1.807) is 25.0 Å². The van der Waals surface area contributed by atoms with Gasteiger partial charge in [-0.2, -0.15) is 10.2 Å². The van der Waals surface area contributed by atoms with Gasteiger partial charge in [-0.1, -0.05) is 63.2 Å². The predicted molar refractivity (Wildman–Crippen MR) is 151 cm³/mol. The highest BCUT2D eigenvalue weighted by Gasteiger charge is 2.23. The Labute approximate surface area is 222 Å². The van der Waals surface area contributed by atoms with Gasteiger partial charge in [-0.25, -0.2) is 10.5 Å². The summed E-state index contributed by atoms with van der Waals surface area (Å²) in [6.45, 7) is 6.51. The van der Waals surface area contributed by atoms with Crippen LogP contribution in [0, 0.1) is 5.92 Å². The number of ether oxygens (including phenoxy) is 2. The van der Waals surface area contributed by atoms with Crippen molar-refractivity contribution in [2.24, 2.45) is 22.7 Å². The van der Waals surface area contributed by atoms with Gasteiger partial charge in [-0.05, 0) is 35.6 Å². The van der Waals surface area contributed by atoms with Crippen LogP contribution in [-0.4, -0.2) is 42.3 Å². The second-order valence-corrected chi connectivity index (χ2v) is 9.00. The summed E-state index contributed by atoms with van der Waals surface area (Å²) in [6.07, 6.45) is 0. The number of carbonyl (C=O) groups excluding carboxylic acids is 1. The van der Waals surface area contributed by atoms with Crippen molar-refractivity contribution in [1.82, 2.24) is 20.5 Å². The highest BCUT2D eigenvalue weighted by Crippen LogP contribution is 2.40. The van der Waals surface area contributed by atoms with Crippen molar-refractivity contribution in [2.75, 3.05) is 20.8 Å². The van der Waals surface area contributed by atoms with Crippen LogP contribution in [0.25, 0.3) is 27.7 Å². The van der Waals surface area contributed by atoms with Gasteiger partial charge >= 0.3 is 0 Å². The molecule has 0 saturated carbocycles. The summed E-state index contributed by atoms with van der Waals surface area (Å²) in [6, 6.07) is 21.0. The number of amidine groups is 1. The molecule has 0 saturated heterocycles. The summed E-state index contributed by atoms with van der Waals surface area (Å²) in [4.78, 5) is 13.0. The molecule has 0 bridgehead atoms. The Kier molecular flexibility index (Phi) is 9.66. The molecule has 0 aliphatic heterocycles. The minimum Gasteiger partial charge on any atom is -0.496 e. The number of nitrogens with two attached hydrogens (primary N) is 2. The number of benzene rings is 3. The Morgan fingerprint density at radius 3 is 2.21 bits per heavy atom. The van der Waals surface area contributed by atoms with E-state index in [4.69, 9.17) is 21.2 Å². The fourth-order valence-corrected chi connectivity index (χ4v) is 3.74. The van der Waals surface area contributed by atoms with Crippen LogP contribution in [0.15, 0.2) is 71.8 Å². The van der Waals surface area contributed by atoms with E-state index in [9.17, 15) is 4.79 Å². The van der Waals surface area contributed by atoms with Gasteiger partial charge in [0.05, 0.1) is 37.7 Å². The van der Waals surface area contributed by atoms with Crippen LogP contribution in [0.3, 0.4) is 0 Å². The summed E-state index contributed by atoms with van der Waals surface area (Å²) >= 11 is 0. The van der Waals surface area contributed by atoms with E-state index in [1.807, 2.05) is 60.7 Å². The van der Waals surface area contributed by atoms with Crippen molar-refractivity contribution in [3.63, 3.8) is 0 Å². The topological polar surface area (TPSA) is 142 Å².